The van der Waals surface area contributed by atoms with E-state index in [2.05, 4.69) is 10.5 Å². The van der Waals surface area contributed by atoms with E-state index in [9.17, 15) is 14.4 Å². The van der Waals surface area contributed by atoms with Crippen LogP contribution in [0.15, 0.2) is 0 Å². The molecule has 1 heterocycles. The third kappa shape index (κ3) is 5.55. The molecular weight excluding hydrogens is 271 g/mol. The molecule has 3 unspecified atom stereocenters. The highest BCUT2D eigenvalue weighted by atomic mass is 16.4. The van der Waals surface area contributed by atoms with E-state index in [0.29, 0.717) is 13.0 Å². The number of Topliss-reactive ketones (excluding diaryl/α,β-unsaturated/α-hetero) is 1. The van der Waals surface area contributed by atoms with Crippen LogP contribution in [0.5, 0.6) is 0 Å². The maximum atomic E-state index is 12.1. The quantitative estimate of drug-likeness (QED) is 0.436. The fourth-order valence-electron chi connectivity index (χ4n) is 2.25. The predicted octanol–water partition coefficient (Wildman–Crippen LogP) is -2.26. The van der Waals surface area contributed by atoms with Crippen LogP contribution in [-0.4, -0.2) is 75.3 Å². The smallest absolute Gasteiger partial charge is 0.326 e. The van der Waals surface area contributed by atoms with Crippen LogP contribution in [0, 0.1) is 0 Å². The monoisotopic (exact) mass is 288 g/mol. The largest absolute Gasteiger partial charge is 0.480 e. The van der Waals surface area contributed by atoms with Crippen molar-refractivity contribution in [1.29, 1.82) is 0 Å². The fraction of sp³-hybridized carbons (Fsp3) is 0.727. The first-order valence-electron chi connectivity index (χ1n) is 6.68. The third-order valence-corrected chi connectivity index (χ3v) is 3.37. The lowest BCUT2D eigenvalue weighted by Crippen LogP contribution is -2.49. The van der Waals surface area contributed by atoms with Gasteiger partial charge < -0.3 is 25.3 Å². The molecule has 1 saturated heterocycles. The number of aliphatic carboxylic acids is 1. The molecule has 0 saturated carbocycles. The van der Waals surface area contributed by atoms with Gasteiger partial charge in [-0.15, -0.1) is 0 Å². The number of nitrogens with zero attached hydrogens (tertiary/aromatic N) is 1. The first-order chi connectivity index (χ1) is 9.85. The Morgan fingerprint density at radius 2 is 2.14 bits per heavy atom. The standard InChI is InChI=1S/C11H17B3N3O4/c1-6(18)2-3-8(11(20)21)15-10(19)9-4-7(16-14-12)5-17(9)13/h7-9,16H,2-5H2,1H3,(H,15,19)(H,20,21). The number of rotatable bonds is 8. The van der Waals surface area contributed by atoms with Gasteiger partial charge in [0.1, 0.15) is 19.1 Å². The van der Waals surface area contributed by atoms with Gasteiger partial charge in [-0.25, -0.2) is 4.79 Å². The lowest BCUT2D eigenvalue weighted by Gasteiger charge is -2.21. The van der Waals surface area contributed by atoms with E-state index in [1.807, 2.05) is 0 Å². The highest BCUT2D eigenvalue weighted by Crippen LogP contribution is 2.15. The molecule has 1 amide bonds. The molecule has 5 radical (unpaired) electrons. The van der Waals surface area contributed by atoms with Gasteiger partial charge in [0.25, 0.3) is 0 Å². The van der Waals surface area contributed by atoms with Crippen molar-refractivity contribution in [2.24, 2.45) is 0 Å². The molecule has 0 aliphatic carbocycles. The van der Waals surface area contributed by atoms with Gasteiger partial charge in [0.2, 0.25) is 5.91 Å². The number of amides is 1. The molecule has 1 fully saturated rings. The molecule has 7 nitrogen and oxygen atoms in total. The Bertz CT molecular complexity index is 410. The Morgan fingerprint density at radius 3 is 2.67 bits per heavy atom. The number of nitrogens with one attached hydrogen (secondary N) is 2. The van der Waals surface area contributed by atoms with Crippen molar-refractivity contribution in [2.45, 2.75) is 44.3 Å². The normalized spacial score (nSPS) is 23.5. The Labute approximate surface area is 127 Å². The first kappa shape index (κ1) is 17.8. The molecule has 1 rings (SSSR count). The molecule has 10 heteroatoms. The summed E-state index contributed by atoms with van der Waals surface area (Å²) in [5.74, 6) is -1.76. The van der Waals surface area contributed by atoms with Gasteiger partial charge in [-0.1, -0.05) is 0 Å². The molecule has 0 bridgehead atoms. The van der Waals surface area contributed by atoms with Crippen molar-refractivity contribution < 1.29 is 19.5 Å². The number of ketones is 1. The third-order valence-electron chi connectivity index (χ3n) is 3.37. The Morgan fingerprint density at radius 1 is 1.48 bits per heavy atom. The summed E-state index contributed by atoms with van der Waals surface area (Å²) in [5, 5.41) is 14.4. The molecule has 3 atom stereocenters. The lowest BCUT2D eigenvalue weighted by molar-refractivity contribution is -0.142. The Balaban J connectivity index is 2.56. The molecule has 109 valence electrons. The van der Waals surface area contributed by atoms with Crippen LogP contribution in [0.4, 0.5) is 0 Å². The number of carbonyl (C=O) groups excluding carboxylic acids is 2. The van der Waals surface area contributed by atoms with Crippen LogP contribution in [-0.2, 0) is 14.4 Å². The molecule has 0 aromatic carbocycles. The molecule has 0 aromatic rings. The number of hydrogen-bond acceptors (Lipinski definition) is 5. The van der Waals surface area contributed by atoms with E-state index in [0.717, 1.165) is 0 Å². The number of hydrogen-bond donors (Lipinski definition) is 3. The number of carboxylic acids is 1. The van der Waals surface area contributed by atoms with Crippen molar-refractivity contribution in [3.63, 3.8) is 0 Å². The summed E-state index contributed by atoms with van der Waals surface area (Å²) in [6.45, 7) is 1.80. The SMILES string of the molecule is [B][B]NC1CC(C(=O)NC(CCC(C)=O)C(=O)O)N([B])C1. The second-order valence-corrected chi connectivity index (χ2v) is 5.12. The Hall–Kier alpha value is -1.28. The van der Waals surface area contributed by atoms with Gasteiger partial charge >= 0.3 is 5.97 Å². The summed E-state index contributed by atoms with van der Waals surface area (Å²) >= 11 is 0. The molecule has 21 heavy (non-hydrogen) atoms. The van der Waals surface area contributed by atoms with Crippen LogP contribution >= 0.6 is 0 Å². The van der Waals surface area contributed by atoms with E-state index in [1.165, 1.54) is 19.0 Å². The maximum Gasteiger partial charge on any atom is 0.326 e. The fourth-order valence-corrected chi connectivity index (χ4v) is 2.25. The maximum absolute atomic E-state index is 12.1. The van der Waals surface area contributed by atoms with Crippen molar-refractivity contribution in [3.8, 4) is 0 Å². The molecule has 0 aromatic heterocycles. The second-order valence-electron chi connectivity index (χ2n) is 5.12. The Kier molecular flexibility index (Phi) is 6.97. The van der Waals surface area contributed by atoms with E-state index in [-0.39, 0.29) is 24.7 Å². The van der Waals surface area contributed by atoms with Gasteiger partial charge in [-0.05, 0) is 19.8 Å². The molecule has 3 N–H and O–H groups in total. The van der Waals surface area contributed by atoms with Crippen molar-refractivity contribution in [1.82, 2.24) is 15.4 Å². The van der Waals surface area contributed by atoms with E-state index >= 15 is 0 Å². The molecule has 1 aliphatic heterocycles. The van der Waals surface area contributed by atoms with E-state index in [1.54, 1.807) is 0 Å². The zero-order chi connectivity index (χ0) is 16.0. The van der Waals surface area contributed by atoms with Crippen LogP contribution in [0.25, 0.3) is 0 Å². The van der Waals surface area contributed by atoms with Gasteiger partial charge in [-0.3, -0.25) is 4.79 Å². The second kappa shape index (κ2) is 8.24. The summed E-state index contributed by atoms with van der Waals surface area (Å²) in [6.07, 6.45) is 0.585. The summed E-state index contributed by atoms with van der Waals surface area (Å²) in [4.78, 5) is 35.5. The minimum Gasteiger partial charge on any atom is -0.480 e. The van der Waals surface area contributed by atoms with Crippen molar-refractivity contribution >= 4 is 40.7 Å². The van der Waals surface area contributed by atoms with Crippen LogP contribution in [0.3, 0.4) is 0 Å². The average Bonchev–Trinajstić information content (AvgIpc) is 2.75. The minimum atomic E-state index is -1.17. The van der Waals surface area contributed by atoms with Crippen molar-refractivity contribution in [3.05, 3.63) is 0 Å². The van der Waals surface area contributed by atoms with E-state index in [4.69, 9.17) is 20.8 Å². The first-order valence-corrected chi connectivity index (χ1v) is 6.68. The summed E-state index contributed by atoms with van der Waals surface area (Å²) in [6, 6.07) is -1.78. The zero-order valence-electron chi connectivity index (χ0n) is 11.9. The molecule has 1 aliphatic rings. The zero-order valence-corrected chi connectivity index (χ0v) is 11.9. The molecular formula is C11H17B3N3O4. The van der Waals surface area contributed by atoms with Crippen LogP contribution in [0.2, 0.25) is 0 Å². The van der Waals surface area contributed by atoms with Gasteiger partial charge in [0.05, 0.1) is 6.04 Å². The summed E-state index contributed by atoms with van der Waals surface area (Å²) in [7, 11) is 12.3. The molecule has 0 spiro atoms. The van der Waals surface area contributed by atoms with Gasteiger partial charge in [0, 0.05) is 26.7 Å². The predicted molar refractivity (Wildman–Crippen MR) is 78.8 cm³/mol. The number of carbonyl (C=O) groups is 3. The highest BCUT2D eigenvalue weighted by molar-refractivity contribution is 6.87. The van der Waals surface area contributed by atoms with Crippen molar-refractivity contribution in [2.75, 3.05) is 6.54 Å². The highest BCUT2D eigenvalue weighted by Gasteiger charge is 2.34. The lowest BCUT2D eigenvalue weighted by atomic mass is 9.66. The van der Waals surface area contributed by atoms with E-state index < -0.39 is 24.0 Å². The van der Waals surface area contributed by atoms with Crippen LogP contribution in [0.1, 0.15) is 26.2 Å². The number of carboxylic acid groups (broad SMARTS) is 1. The van der Waals surface area contributed by atoms with Crippen LogP contribution < -0.4 is 10.5 Å². The summed E-state index contributed by atoms with van der Waals surface area (Å²) in [5.41, 5.74) is 0. The summed E-state index contributed by atoms with van der Waals surface area (Å²) < 4.78 is 0. The van der Waals surface area contributed by atoms with Gasteiger partial charge in [0.15, 0.2) is 7.98 Å². The topological polar surface area (TPSA) is 98.7 Å². The average molecular weight is 288 g/mol. The minimum absolute atomic E-state index is 0.0590. The van der Waals surface area contributed by atoms with Gasteiger partial charge in [-0.2, -0.15) is 0 Å².